The summed E-state index contributed by atoms with van der Waals surface area (Å²) in [5.41, 5.74) is 3.94. The van der Waals surface area contributed by atoms with E-state index in [0.29, 0.717) is 23.7 Å². The highest BCUT2D eigenvalue weighted by Crippen LogP contribution is 2.42. The van der Waals surface area contributed by atoms with Crippen molar-refractivity contribution < 1.29 is 9.53 Å². The number of anilines is 1. The summed E-state index contributed by atoms with van der Waals surface area (Å²) in [7, 11) is 1.60. The Morgan fingerprint density at radius 3 is 2.44 bits per heavy atom. The zero-order chi connectivity index (χ0) is 22.1. The van der Waals surface area contributed by atoms with Crippen molar-refractivity contribution in [2.75, 3.05) is 12.0 Å². The SMILES string of the molecule is COc1cccc(C(=O)N2c3ncnn3C(c3ccccc3)CC2c2ccc(C)cc2)c1. The third-order valence-corrected chi connectivity index (χ3v) is 6.01. The molecule has 0 saturated heterocycles. The number of benzene rings is 3. The zero-order valence-electron chi connectivity index (χ0n) is 18.1. The van der Waals surface area contributed by atoms with E-state index in [4.69, 9.17) is 4.74 Å². The van der Waals surface area contributed by atoms with Crippen LogP contribution in [-0.4, -0.2) is 27.8 Å². The minimum Gasteiger partial charge on any atom is -0.497 e. The Labute approximate surface area is 187 Å². The quantitative estimate of drug-likeness (QED) is 0.464. The van der Waals surface area contributed by atoms with Gasteiger partial charge < -0.3 is 4.74 Å². The Hall–Kier alpha value is -3.93. The second kappa shape index (κ2) is 8.30. The number of ether oxygens (including phenoxy) is 1. The van der Waals surface area contributed by atoms with E-state index in [2.05, 4.69) is 53.4 Å². The van der Waals surface area contributed by atoms with E-state index >= 15 is 0 Å². The number of rotatable bonds is 4. The molecular formula is C26H24N4O2. The first-order valence-corrected chi connectivity index (χ1v) is 10.6. The van der Waals surface area contributed by atoms with Crippen LogP contribution in [0.3, 0.4) is 0 Å². The minimum atomic E-state index is -0.184. The fourth-order valence-corrected chi connectivity index (χ4v) is 4.35. The molecular weight excluding hydrogens is 400 g/mol. The number of fused-ring (bicyclic) bond motifs is 1. The Morgan fingerprint density at radius 2 is 1.69 bits per heavy atom. The number of nitrogens with zero attached hydrogens (tertiary/aromatic N) is 4. The van der Waals surface area contributed by atoms with Gasteiger partial charge in [-0.1, -0.05) is 66.2 Å². The predicted molar refractivity (Wildman–Crippen MR) is 123 cm³/mol. The molecule has 32 heavy (non-hydrogen) atoms. The van der Waals surface area contributed by atoms with Crippen molar-refractivity contribution in [2.45, 2.75) is 25.4 Å². The van der Waals surface area contributed by atoms with Crippen molar-refractivity contribution in [3.8, 4) is 5.75 Å². The van der Waals surface area contributed by atoms with Crippen LogP contribution in [0.15, 0.2) is 85.2 Å². The second-order valence-corrected chi connectivity index (χ2v) is 8.00. The number of aromatic nitrogens is 3. The number of amides is 1. The first kappa shape index (κ1) is 20.0. The van der Waals surface area contributed by atoms with Crippen LogP contribution in [0.1, 0.15) is 45.6 Å². The molecule has 0 aliphatic carbocycles. The van der Waals surface area contributed by atoms with Gasteiger partial charge in [0.15, 0.2) is 0 Å². The molecule has 1 aromatic heterocycles. The van der Waals surface area contributed by atoms with Crippen molar-refractivity contribution in [3.05, 3.63) is 107 Å². The first-order chi connectivity index (χ1) is 15.7. The highest BCUT2D eigenvalue weighted by molar-refractivity contribution is 6.06. The van der Waals surface area contributed by atoms with Crippen molar-refractivity contribution in [3.63, 3.8) is 0 Å². The van der Waals surface area contributed by atoms with Gasteiger partial charge in [0.2, 0.25) is 5.95 Å². The minimum absolute atomic E-state index is 0.0191. The number of carbonyl (C=O) groups is 1. The molecule has 0 spiro atoms. The Morgan fingerprint density at radius 1 is 0.938 bits per heavy atom. The predicted octanol–water partition coefficient (Wildman–Crippen LogP) is 4.98. The average Bonchev–Trinajstić information content (AvgIpc) is 3.33. The topological polar surface area (TPSA) is 60.2 Å². The largest absolute Gasteiger partial charge is 0.497 e. The van der Waals surface area contributed by atoms with Gasteiger partial charge in [0.25, 0.3) is 5.91 Å². The number of aryl methyl sites for hydroxylation is 1. The number of methoxy groups -OCH3 is 1. The fourth-order valence-electron chi connectivity index (χ4n) is 4.35. The van der Waals surface area contributed by atoms with Crippen LogP contribution in [0.4, 0.5) is 5.95 Å². The highest BCUT2D eigenvalue weighted by atomic mass is 16.5. The molecule has 5 rings (SSSR count). The molecule has 2 unspecified atom stereocenters. The maximum absolute atomic E-state index is 13.8. The molecule has 1 aliphatic rings. The summed E-state index contributed by atoms with van der Waals surface area (Å²) < 4.78 is 7.20. The summed E-state index contributed by atoms with van der Waals surface area (Å²) in [4.78, 5) is 20.1. The summed E-state index contributed by atoms with van der Waals surface area (Å²) in [6, 6.07) is 25.6. The molecule has 1 amide bonds. The standard InChI is InChI=1S/C26H24N4O2/c1-18-11-13-20(14-12-18)23-16-24(19-7-4-3-5-8-19)30-26(27-17-28-30)29(23)25(31)21-9-6-10-22(15-21)32-2/h3-15,17,23-24H,16H2,1-2H3. The maximum atomic E-state index is 13.8. The van der Waals surface area contributed by atoms with Gasteiger partial charge in [0.1, 0.15) is 12.1 Å². The maximum Gasteiger partial charge on any atom is 0.261 e. The molecule has 0 radical (unpaired) electrons. The van der Waals surface area contributed by atoms with Crippen LogP contribution in [0, 0.1) is 6.92 Å². The van der Waals surface area contributed by atoms with Gasteiger partial charge >= 0.3 is 0 Å². The Bertz CT molecular complexity index is 1230. The molecule has 0 fully saturated rings. The third kappa shape index (κ3) is 3.54. The number of hydrogen-bond donors (Lipinski definition) is 0. The Kier molecular flexibility index (Phi) is 5.19. The van der Waals surface area contributed by atoms with Crippen molar-refractivity contribution >= 4 is 11.9 Å². The van der Waals surface area contributed by atoms with Gasteiger partial charge in [-0.05, 0) is 42.7 Å². The second-order valence-electron chi connectivity index (χ2n) is 8.00. The van der Waals surface area contributed by atoms with Crippen LogP contribution in [0.5, 0.6) is 5.75 Å². The lowest BCUT2D eigenvalue weighted by molar-refractivity contribution is 0.0963. The number of carbonyl (C=O) groups excluding carboxylic acids is 1. The van der Waals surface area contributed by atoms with Gasteiger partial charge in [0, 0.05) is 5.56 Å². The fraction of sp³-hybridized carbons (Fsp3) is 0.192. The molecule has 3 aromatic carbocycles. The molecule has 6 nitrogen and oxygen atoms in total. The molecule has 0 bridgehead atoms. The summed E-state index contributed by atoms with van der Waals surface area (Å²) in [6.07, 6.45) is 2.22. The van der Waals surface area contributed by atoms with E-state index in [1.165, 1.54) is 11.9 Å². The van der Waals surface area contributed by atoms with Crippen molar-refractivity contribution in [1.82, 2.24) is 14.8 Å². The molecule has 6 heteroatoms. The molecule has 4 aromatic rings. The summed E-state index contributed by atoms with van der Waals surface area (Å²) >= 11 is 0. The van der Waals surface area contributed by atoms with E-state index in [1.807, 2.05) is 35.0 Å². The summed E-state index contributed by atoms with van der Waals surface area (Å²) in [6.45, 7) is 2.06. The zero-order valence-corrected chi connectivity index (χ0v) is 18.1. The molecule has 0 saturated carbocycles. The van der Waals surface area contributed by atoms with Crippen LogP contribution in [0.25, 0.3) is 0 Å². The summed E-state index contributed by atoms with van der Waals surface area (Å²) in [5, 5.41) is 4.50. The van der Waals surface area contributed by atoms with Gasteiger partial charge in [-0.2, -0.15) is 10.1 Å². The average molecular weight is 425 g/mol. The van der Waals surface area contributed by atoms with E-state index in [1.54, 1.807) is 24.1 Å². The smallest absolute Gasteiger partial charge is 0.261 e. The van der Waals surface area contributed by atoms with E-state index < -0.39 is 0 Å². The van der Waals surface area contributed by atoms with Gasteiger partial charge in [-0.3, -0.25) is 9.69 Å². The van der Waals surface area contributed by atoms with Crippen LogP contribution >= 0.6 is 0 Å². The monoisotopic (exact) mass is 424 g/mol. The molecule has 160 valence electrons. The van der Waals surface area contributed by atoms with Gasteiger partial charge in [-0.15, -0.1) is 0 Å². The lowest BCUT2D eigenvalue weighted by atomic mass is 9.91. The molecule has 0 N–H and O–H groups in total. The van der Waals surface area contributed by atoms with E-state index in [-0.39, 0.29) is 18.0 Å². The molecule has 1 aliphatic heterocycles. The summed E-state index contributed by atoms with van der Waals surface area (Å²) in [5.74, 6) is 1.06. The van der Waals surface area contributed by atoms with Crippen molar-refractivity contribution in [1.29, 1.82) is 0 Å². The van der Waals surface area contributed by atoms with Gasteiger partial charge in [-0.25, -0.2) is 4.68 Å². The first-order valence-electron chi connectivity index (χ1n) is 10.6. The lowest BCUT2D eigenvalue weighted by Crippen LogP contribution is -2.42. The van der Waals surface area contributed by atoms with Crippen LogP contribution in [-0.2, 0) is 0 Å². The van der Waals surface area contributed by atoms with Crippen molar-refractivity contribution in [2.24, 2.45) is 0 Å². The molecule has 2 heterocycles. The highest BCUT2D eigenvalue weighted by Gasteiger charge is 2.39. The normalized spacial score (nSPS) is 17.6. The lowest BCUT2D eigenvalue weighted by Gasteiger charge is -2.39. The van der Waals surface area contributed by atoms with E-state index in [9.17, 15) is 4.79 Å². The molecule has 2 atom stereocenters. The van der Waals surface area contributed by atoms with Gasteiger partial charge in [0.05, 0.1) is 19.2 Å². The van der Waals surface area contributed by atoms with Crippen LogP contribution < -0.4 is 9.64 Å². The Balaban J connectivity index is 1.64. The van der Waals surface area contributed by atoms with Crippen LogP contribution in [0.2, 0.25) is 0 Å². The number of hydrogen-bond acceptors (Lipinski definition) is 4. The third-order valence-electron chi connectivity index (χ3n) is 6.01. The van der Waals surface area contributed by atoms with E-state index in [0.717, 1.165) is 11.1 Å².